The molecule has 27 heavy (non-hydrogen) atoms. The van der Waals surface area contributed by atoms with Crippen LogP contribution in [0.2, 0.25) is 0 Å². The largest absolute Gasteiger partial charge is 0.325 e. The number of hydrogen-bond acceptors (Lipinski definition) is 5. The molecular weight excluding hydrogens is 386 g/mol. The van der Waals surface area contributed by atoms with E-state index in [2.05, 4.69) is 5.32 Å². The van der Waals surface area contributed by atoms with E-state index in [9.17, 15) is 21.6 Å². The minimum absolute atomic E-state index is 0.0640. The summed E-state index contributed by atoms with van der Waals surface area (Å²) in [6.07, 6.45) is 2.12. The number of rotatable bonds is 8. The van der Waals surface area contributed by atoms with Gasteiger partial charge in [-0.2, -0.15) is 0 Å². The first-order valence-electron chi connectivity index (χ1n) is 8.42. The highest BCUT2D eigenvalue weighted by Gasteiger charge is 2.18. The number of nitrogens with one attached hydrogen (secondary N) is 1. The third-order valence-electron chi connectivity index (χ3n) is 4.03. The standard InChI is InChI=1S/C19H23NO5S2/c1-15-10-11-17(26(2,22)23)13-18(15)20-19(21)14-27(24,25)12-6-9-16-7-4-3-5-8-16/h3-5,7-8,10-11,13H,6,9,12,14H2,1-2H3,(H,20,21). The molecule has 0 bridgehead atoms. The summed E-state index contributed by atoms with van der Waals surface area (Å²) in [7, 11) is -6.97. The van der Waals surface area contributed by atoms with Gasteiger partial charge in [0.2, 0.25) is 5.91 Å². The quantitative estimate of drug-likeness (QED) is 0.722. The summed E-state index contributed by atoms with van der Waals surface area (Å²) < 4.78 is 47.6. The molecule has 0 aliphatic heterocycles. The minimum Gasteiger partial charge on any atom is -0.325 e. The molecule has 2 rings (SSSR count). The predicted molar refractivity (Wildman–Crippen MR) is 106 cm³/mol. The monoisotopic (exact) mass is 409 g/mol. The molecule has 146 valence electrons. The number of anilines is 1. The molecule has 6 nitrogen and oxygen atoms in total. The highest BCUT2D eigenvalue weighted by atomic mass is 32.2. The number of benzene rings is 2. The van der Waals surface area contributed by atoms with Crippen LogP contribution in [0.25, 0.3) is 0 Å². The Labute approximate surface area is 160 Å². The summed E-state index contributed by atoms with van der Waals surface area (Å²) in [5.41, 5.74) is 1.99. The number of sulfone groups is 2. The van der Waals surface area contributed by atoms with Gasteiger partial charge in [0.05, 0.1) is 10.6 Å². The maximum atomic E-state index is 12.2. The van der Waals surface area contributed by atoms with Crippen LogP contribution in [0.3, 0.4) is 0 Å². The Balaban J connectivity index is 1.96. The van der Waals surface area contributed by atoms with Crippen LogP contribution in [0, 0.1) is 6.92 Å². The number of hydrogen-bond donors (Lipinski definition) is 1. The van der Waals surface area contributed by atoms with Crippen LogP contribution in [-0.4, -0.2) is 40.5 Å². The zero-order chi connectivity index (χ0) is 20.1. The van der Waals surface area contributed by atoms with E-state index in [0.29, 0.717) is 24.1 Å². The van der Waals surface area contributed by atoms with E-state index in [4.69, 9.17) is 0 Å². The third kappa shape index (κ3) is 6.80. The Morgan fingerprint density at radius 2 is 1.67 bits per heavy atom. The van der Waals surface area contributed by atoms with E-state index in [1.54, 1.807) is 13.0 Å². The first-order valence-corrected chi connectivity index (χ1v) is 12.1. The van der Waals surface area contributed by atoms with Crippen molar-refractivity contribution in [1.29, 1.82) is 0 Å². The SMILES string of the molecule is Cc1ccc(S(C)(=O)=O)cc1NC(=O)CS(=O)(=O)CCCc1ccccc1. The second-order valence-electron chi connectivity index (χ2n) is 6.48. The average molecular weight is 410 g/mol. The van der Waals surface area contributed by atoms with E-state index < -0.39 is 31.3 Å². The highest BCUT2D eigenvalue weighted by Crippen LogP contribution is 2.20. The van der Waals surface area contributed by atoms with Crippen molar-refractivity contribution in [3.8, 4) is 0 Å². The molecule has 0 saturated heterocycles. The second kappa shape index (κ2) is 8.67. The minimum atomic E-state index is -3.55. The average Bonchev–Trinajstić information content (AvgIpc) is 2.56. The van der Waals surface area contributed by atoms with Crippen LogP contribution in [0.4, 0.5) is 5.69 Å². The Morgan fingerprint density at radius 3 is 2.30 bits per heavy atom. The van der Waals surface area contributed by atoms with Crippen molar-refractivity contribution in [2.45, 2.75) is 24.7 Å². The van der Waals surface area contributed by atoms with E-state index >= 15 is 0 Å². The van der Waals surface area contributed by atoms with E-state index in [1.807, 2.05) is 30.3 Å². The van der Waals surface area contributed by atoms with Crippen LogP contribution >= 0.6 is 0 Å². The molecule has 0 aliphatic rings. The normalized spacial score (nSPS) is 11.9. The van der Waals surface area contributed by atoms with E-state index in [0.717, 1.165) is 11.8 Å². The lowest BCUT2D eigenvalue weighted by molar-refractivity contribution is -0.113. The third-order valence-corrected chi connectivity index (χ3v) is 6.75. The first-order chi connectivity index (χ1) is 12.6. The van der Waals surface area contributed by atoms with Crippen molar-refractivity contribution in [3.05, 3.63) is 59.7 Å². The van der Waals surface area contributed by atoms with Crippen LogP contribution in [0.5, 0.6) is 0 Å². The van der Waals surface area contributed by atoms with Gasteiger partial charge in [0.15, 0.2) is 19.7 Å². The van der Waals surface area contributed by atoms with Crippen LogP contribution in [0.15, 0.2) is 53.4 Å². The topological polar surface area (TPSA) is 97.4 Å². The van der Waals surface area contributed by atoms with Gasteiger partial charge in [-0.05, 0) is 43.0 Å². The fourth-order valence-corrected chi connectivity index (χ4v) is 4.41. The molecule has 0 radical (unpaired) electrons. The van der Waals surface area contributed by atoms with Crippen molar-refractivity contribution in [2.24, 2.45) is 0 Å². The van der Waals surface area contributed by atoms with Gasteiger partial charge < -0.3 is 5.32 Å². The number of carbonyl (C=O) groups is 1. The number of aryl methyl sites for hydroxylation is 2. The Kier molecular flexibility index (Phi) is 6.78. The smallest absolute Gasteiger partial charge is 0.239 e. The van der Waals surface area contributed by atoms with Crippen molar-refractivity contribution >= 4 is 31.3 Å². The second-order valence-corrected chi connectivity index (χ2v) is 10.7. The van der Waals surface area contributed by atoms with Gasteiger partial charge in [-0.3, -0.25) is 4.79 Å². The molecule has 0 unspecified atom stereocenters. The predicted octanol–water partition coefficient (Wildman–Crippen LogP) is 2.38. The molecule has 0 aromatic heterocycles. The van der Waals surface area contributed by atoms with Gasteiger partial charge in [-0.15, -0.1) is 0 Å². The fraction of sp³-hybridized carbons (Fsp3) is 0.316. The molecule has 8 heteroatoms. The number of amides is 1. The van der Waals surface area contributed by atoms with Gasteiger partial charge in [0.25, 0.3) is 0 Å². The van der Waals surface area contributed by atoms with Gasteiger partial charge in [0.1, 0.15) is 5.75 Å². The molecule has 0 fully saturated rings. The van der Waals surface area contributed by atoms with Gasteiger partial charge >= 0.3 is 0 Å². The first kappa shape index (κ1) is 21.1. The van der Waals surface area contributed by atoms with Crippen LogP contribution in [-0.2, 0) is 30.9 Å². The molecule has 0 aliphatic carbocycles. The van der Waals surface area contributed by atoms with Crippen LogP contribution in [0.1, 0.15) is 17.5 Å². The Morgan fingerprint density at radius 1 is 1.00 bits per heavy atom. The van der Waals surface area contributed by atoms with Crippen LogP contribution < -0.4 is 5.32 Å². The number of carbonyl (C=O) groups excluding carboxylic acids is 1. The molecular formula is C19H23NO5S2. The zero-order valence-corrected chi connectivity index (χ0v) is 16.9. The molecule has 2 aromatic carbocycles. The Bertz CT molecular complexity index is 1010. The fourth-order valence-electron chi connectivity index (χ4n) is 2.57. The summed E-state index contributed by atoms with van der Waals surface area (Å²) in [5.74, 6) is -1.40. The molecule has 2 aromatic rings. The molecule has 0 atom stereocenters. The molecule has 1 amide bonds. The van der Waals surface area contributed by atoms with Gasteiger partial charge in [0, 0.05) is 11.9 Å². The lowest BCUT2D eigenvalue weighted by atomic mass is 10.1. The van der Waals surface area contributed by atoms with Crippen molar-refractivity contribution in [2.75, 3.05) is 23.1 Å². The summed E-state index contributed by atoms with van der Waals surface area (Å²) in [5, 5.41) is 2.50. The summed E-state index contributed by atoms with van der Waals surface area (Å²) >= 11 is 0. The molecule has 1 N–H and O–H groups in total. The highest BCUT2D eigenvalue weighted by molar-refractivity contribution is 7.92. The summed E-state index contributed by atoms with van der Waals surface area (Å²) in [6, 6.07) is 13.9. The molecule has 0 heterocycles. The van der Waals surface area contributed by atoms with E-state index in [1.165, 1.54) is 12.1 Å². The Hall–Kier alpha value is -2.19. The zero-order valence-electron chi connectivity index (χ0n) is 15.3. The molecule has 0 saturated carbocycles. The lowest BCUT2D eigenvalue weighted by Crippen LogP contribution is -2.25. The molecule has 0 spiro atoms. The van der Waals surface area contributed by atoms with Crippen molar-refractivity contribution in [1.82, 2.24) is 0 Å². The lowest BCUT2D eigenvalue weighted by Gasteiger charge is -2.10. The van der Waals surface area contributed by atoms with Crippen molar-refractivity contribution < 1.29 is 21.6 Å². The summed E-state index contributed by atoms with van der Waals surface area (Å²) in [4.78, 5) is 12.2. The van der Waals surface area contributed by atoms with Crippen molar-refractivity contribution in [3.63, 3.8) is 0 Å². The summed E-state index contributed by atoms with van der Waals surface area (Å²) in [6.45, 7) is 1.70. The maximum Gasteiger partial charge on any atom is 0.239 e. The maximum absolute atomic E-state index is 12.2. The van der Waals surface area contributed by atoms with Gasteiger partial charge in [-0.1, -0.05) is 36.4 Å². The van der Waals surface area contributed by atoms with Gasteiger partial charge in [-0.25, -0.2) is 16.8 Å². The van der Waals surface area contributed by atoms with E-state index in [-0.39, 0.29) is 10.6 Å².